The molecule has 0 rings (SSSR count). The predicted molar refractivity (Wildman–Crippen MR) is 52.2 cm³/mol. The maximum Gasteiger partial charge on any atom is 0.184 e. The summed E-state index contributed by atoms with van der Waals surface area (Å²) < 4.78 is 5.92. The molecule has 0 spiro atoms. The minimum Gasteiger partial charge on any atom is -0.413 e. The molecule has 0 fully saturated rings. The van der Waals surface area contributed by atoms with Crippen LogP contribution in [0.2, 0.25) is 19.6 Å². The van der Waals surface area contributed by atoms with Gasteiger partial charge in [-0.15, -0.1) is 0 Å². The quantitative estimate of drug-likeness (QED) is 0.663. The van der Waals surface area contributed by atoms with Crippen molar-refractivity contribution in [1.82, 2.24) is 0 Å². The molecule has 68 valence electrons. The standard InChI is InChI=1S/C8H21NOSi/c1-8(2,6-7-9)10-11(3,4)5/h6-7,9H2,1-5H3. The van der Waals surface area contributed by atoms with E-state index < -0.39 is 8.32 Å². The third-order valence-corrected chi connectivity index (χ3v) is 2.49. The molecule has 2 N–H and O–H groups in total. The molecular weight excluding hydrogens is 154 g/mol. The van der Waals surface area contributed by atoms with Gasteiger partial charge in [0.25, 0.3) is 0 Å². The Morgan fingerprint density at radius 3 is 2.00 bits per heavy atom. The first kappa shape index (κ1) is 11.1. The molecule has 0 aromatic heterocycles. The summed E-state index contributed by atoms with van der Waals surface area (Å²) in [4.78, 5) is 0. The Kier molecular flexibility index (Phi) is 3.74. The van der Waals surface area contributed by atoms with E-state index in [-0.39, 0.29) is 5.60 Å². The Morgan fingerprint density at radius 2 is 1.73 bits per heavy atom. The maximum absolute atomic E-state index is 5.92. The molecular formula is C8H21NOSi. The van der Waals surface area contributed by atoms with Crippen LogP contribution in [-0.2, 0) is 4.43 Å². The molecule has 0 atom stereocenters. The van der Waals surface area contributed by atoms with Gasteiger partial charge in [-0.05, 0) is 46.5 Å². The first-order valence-corrected chi connectivity index (χ1v) is 7.58. The van der Waals surface area contributed by atoms with E-state index >= 15 is 0 Å². The van der Waals surface area contributed by atoms with Crippen LogP contribution in [0.25, 0.3) is 0 Å². The topological polar surface area (TPSA) is 35.2 Å². The van der Waals surface area contributed by atoms with E-state index in [0.717, 1.165) is 6.42 Å². The molecule has 0 radical (unpaired) electrons. The predicted octanol–water partition coefficient (Wildman–Crippen LogP) is 1.97. The van der Waals surface area contributed by atoms with Crippen molar-refractivity contribution in [2.75, 3.05) is 6.54 Å². The Labute approximate surface area is 71.3 Å². The number of nitrogens with two attached hydrogens (primary N) is 1. The van der Waals surface area contributed by atoms with Crippen molar-refractivity contribution >= 4 is 8.32 Å². The van der Waals surface area contributed by atoms with Crippen LogP contribution in [0.5, 0.6) is 0 Å². The summed E-state index contributed by atoms with van der Waals surface area (Å²) in [5.41, 5.74) is 5.44. The highest BCUT2D eigenvalue weighted by atomic mass is 28.4. The van der Waals surface area contributed by atoms with Crippen molar-refractivity contribution in [3.05, 3.63) is 0 Å². The van der Waals surface area contributed by atoms with E-state index in [2.05, 4.69) is 33.5 Å². The van der Waals surface area contributed by atoms with Gasteiger partial charge in [-0.1, -0.05) is 0 Å². The van der Waals surface area contributed by atoms with Crippen LogP contribution in [0.3, 0.4) is 0 Å². The zero-order valence-corrected chi connectivity index (χ0v) is 9.40. The SMILES string of the molecule is CC(C)(CCN)O[Si](C)(C)C. The summed E-state index contributed by atoms with van der Waals surface area (Å²) in [5, 5.41) is 0. The average molecular weight is 175 g/mol. The van der Waals surface area contributed by atoms with E-state index in [4.69, 9.17) is 10.2 Å². The van der Waals surface area contributed by atoms with Crippen LogP contribution in [-0.4, -0.2) is 20.5 Å². The molecule has 0 amide bonds. The van der Waals surface area contributed by atoms with E-state index in [1.54, 1.807) is 0 Å². The van der Waals surface area contributed by atoms with Gasteiger partial charge in [0, 0.05) is 0 Å². The Balaban J connectivity index is 3.91. The van der Waals surface area contributed by atoms with Crippen LogP contribution in [0, 0.1) is 0 Å². The fourth-order valence-corrected chi connectivity index (χ4v) is 2.99. The van der Waals surface area contributed by atoms with Gasteiger partial charge < -0.3 is 10.2 Å². The van der Waals surface area contributed by atoms with E-state index in [1.807, 2.05) is 0 Å². The lowest BCUT2D eigenvalue weighted by Gasteiger charge is -2.32. The smallest absolute Gasteiger partial charge is 0.184 e. The van der Waals surface area contributed by atoms with Crippen molar-refractivity contribution in [1.29, 1.82) is 0 Å². The first-order chi connectivity index (χ1) is 4.77. The Bertz CT molecular complexity index is 118. The minimum atomic E-state index is -1.39. The summed E-state index contributed by atoms with van der Waals surface area (Å²) in [7, 11) is -1.39. The molecule has 2 nitrogen and oxygen atoms in total. The van der Waals surface area contributed by atoms with Gasteiger partial charge in [0.15, 0.2) is 8.32 Å². The summed E-state index contributed by atoms with van der Waals surface area (Å²) in [6.07, 6.45) is 0.942. The van der Waals surface area contributed by atoms with Gasteiger partial charge in [0.2, 0.25) is 0 Å². The van der Waals surface area contributed by atoms with Crippen molar-refractivity contribution < 1.29 is 4.43 Å². The van der Waals surface area contributed by atoms with E-state index in [1.165, 1.54) is 0 Å². The van der Waals surface area contributed by atoms with Crippen LogP contribution in [0.4, 0.5) is 0 Å². The third-order valence-electron chi connectivity index (χ3n) is 1.33. The first-order valence-electron chi connectivity index (χ1n) is 4.17. The molecule has 0 aliphatic rings. The zero-order valence-electron chi connectivity index (χ0n) is 8.40. The van der Waals surface area contributed by atoms with Gasteiger partial charge in [-0.3, -0.25) is 0 Å². The lowest BCUT2D eigenvalue weighted by molar-refractivity contribution is 0.0940. The molecule has 0 saturated heterocycles. The summed E-state index contributed by atoms with van der Waals surface area (Å²) >= 11 is 0. The lowest BCUT2D eigenvalue weighted by Crippen LogP contribution is -2.39. The Hall–Kier alpha value is 0.137. The van der Waals surface area contributed by atoms with Gasteiger partial charge in [-0.2, -0.15) is 0 Å². The van der Waals surface area contributed by atoms with Crippen LogP contribution >= 0.6 is 0 Å². The van der Waals surface area contributed by atoms with Crippen molar-refractivity contribution in [2.45, 2.75) is 45.5 Å². The van der Waals surface area contributed by atoms with E-state index in [0.29, 0.717) is 6.54 Å². The third kappa shape index (κ3) is 6.53. The van der Waals surface area contributed by atoms with Crippen molar-refractivity contribution in [3.8, 4) is 0 Å². The minimum absolute atomic E-state index is 0.0285. The fraction of sp³-hybridized carbons (Fsp3) is 1.00. The summed E-state index contributed by atoms with van der Waals surface area (Å²) in [6, 6.07) is 0. The second-order valence-corrected chi connectivity index (χ2v) is 8.94. The largest absolute Gasteiger partial charge is 0.413 e. The molecule has 0 aliphatic heterocycles. The van der Waals surface area contributed by atoms with Crippen LogP contribution in [0.1, 0.15) is 20.3 Å². The number of hydrogen-bond donors (Lipinski definition) is 1. The van der Waals surface area contributed by atoms with Crippen LogP contribution < -0.4 is 5.73 Å². The van der Waals surface area contributed by atoms with Crippen molar-refractivity contribution in [2.24, 2.45) is 5.73 Å². The number of rotatable bonds is 4. The van der Waals surface area contributed by atoms with Crippen molar-refractivity contribution in [3.63, 3.8) is 0 Å². The van der Waals surface area contributed by atoms with E-state index in [9.17, 15) is 0 Å². The second-order valence-electron chi connectivity index (χ2n) is 4.51. The van der Waals surface area contributed by atoms with Gasteiger partial charge in [0.1, 0.15) is 0 Å². The van der Waals surface area contributed by atoms with Gasteiger partial charge in [0.05, 0.1) is 5.60 Å². The summed E-state index contributed by atoms with van der Waals surface area (Å²) in [5.74, 6) is 0. The highest BCUT2D eigenvalue weighted by Crippen LogP contribution is 2.19. The fourth-order valence-electron chi connectivity index (χ4n) is 1.23. The molecule has 0 aromatic carbocycles. The Morgan fingerprint density at radius 1 is 1.27 bits per heavy atom. The second kappa shape index (κ2) is 3.69. The number of hydrogen-bond acceptors (Lipinski definition) is 2. The summed E-state index contributed by atoms with van der Waals surface area (Å²) in [6.45, 7) is 11.5. The lowest BCUT2D eigenvalue weighted by atomic mass is 10.1. The highest BCUT2D eigenvalue weighted by molar-refractivity contribution is 6.69. The maximum atomic E-state index is 5.92. The normalized spacial score (nSPS) is 13.6. The molecule has 0 aromatic rings. The zero-order chi connectivity index (χ0) is 9.12. The van der Waals surface area contributed by atoms with Gasteiger partial charge >= 0.3 is 0 Å². The van der Waals surface area contributed by atoms with Gasteiger partial charge in [-0.25, -0.2) is 0 Å². The molecule has 11 heavy (non-hydrogen) atoms. The molecule has 0 heterocycles. The average Bonchev–Trinajstić information content (AvgIpc) is 1.55. The van der Waals surface area contributed by atoms with Crippen LogP contribution in [0.15, 0.2) is 0 Å². The molecule has 3 heteroatoms. The molecule has 0 aliphatic carbocycles. The highest BCUT2D eigenvalue weighted by Gasteiger charge is 2.26. The molecule has 0 unspecified atom stereocenters. The molecule has 0 bridgehead atoms. The molecule has 0 saturated carbocycles. The monoisotopic (exact) mass is 175 g/mol.